The molecular formula is C12H14N4O4S2. The maximum Gasteiger partial charge on any atom is 0.313 e. The lowest BCUT2D eigenvalue weighted by Gasteiger charge is -2.06. The number of anilines is 1. The lowest BCUT2D eigenvalue weighted by molar-refractivity contribution is -0.133. The van der Waals surface area contributed by atoms with Gasteiger partial charge < -0.3 is 9.67 Å². The number of carboxylic acids is 1. The summed E-state index contributed by atoms with van der Waals surface area (Å²) < 4.78 is 26.4. The number of benzene rings is 1. The van der Waals surface area contributed by atoms with Gasteiger partial charge in [0.05, 0.1) is 12.0 Å². The second kappa shape index (κ2) is 6.36. The minimum Gasteiger partial charge on any atom is -0.481 e. The largest absolute Gasteiger partial charge is 0.481 e. The number of thioether (sulfide) groups is 1. The van der Waals surface area contributed by atoms with Crippen LogP contribution in [0.4, 0.5) is 5.69 Å². The Labute approximate surface area is 131 Å². The van der Waals surface area contributed by atoms with Crippen molar-refractivity contribution in [2.75, 3.05) is 16.7 Å². The van der Waals surface area contributed by atoms with Crippen LogP contribution >= 0.6 is 11.8 Å². The van der Waals surface area contributed by atoms with Crippen molar-refractivity contribution >= 4 is 33.4 Å². The van der Waals surface area contributed by atoms with Crippen LogP contribution in [0.15, 0.2) is 29.4 Å². The van der Waals surface area contributed by atoms with Gasteiger partial charge in [-0.25, -0.2) is 8.42 Å². The fourth-order valence-corrected chi connectivity index (χ4v) is 2.92. The van der Waals surface area contributed by atoms with Gasteiger partial charge in [0.25, 0.3) is 0 Å². The third kappa shape index (κ3) is 4.21. The van der Waals surface area contributed by atoms with E-state index in [4.69, 9.17) is 5.11 Å². The second-order valence-electron chi connectivity index (χ2n) is 4.50. The van der Waals surface area contributed by atoms with Gasteiger partial charge in [-0.1, -0.05) is 11.8 Å². The summed E-state index contributed by atoms with van der Waals surface area (Å²) in [5.41, 5.74) is 1.20. The van der Waals surface area contributed by atoms with Crippen molar-refractivity contribution in [1.29, 1.82) is 0 Å². The number of carbonyl (C=O) groups is 1. The summed E-state index contributed by atoms with van der Waals surface area (Å²) in [6.45, 7) is 0. The van der Waals surface area contributed by atoms with Crippen LogP contribution in [0.5, 0.6) is 0 Å². The van der Waals surface area contributed by atoms with E-state index in [9.17, 15) is 13.2 Å². The highest BCUT2D eigenvalue weighted by Gasteiger charge is 2.12. The van der Waals surface area contributed by atoms with E-state index in [0.717, 1.165) is 23.6 Å². The van der Waals surface area contributed by atoms with Crippen molar-refractivity contribution in [2.24, 2.45) is 7.05 Å². The summed E-state index contributed by atoms with van der Waals surface area (Å²) in [6.07, 6.45) is 1.08. The average molecular weight is 342 g/mol. The molecule has 10 heteroatoms. The van der Waals surface area contributed by atoms with Crippen LogP contribution in [0.25, 0.3) is 11.4 Å². The number of nitrogens with one attached hydrogen (secondary N) is 1. The molecular weight excluding hydrogens is 328 g/mol. The maximum atomic E-state index is 11.2. The Hall–Kier alpha value is -2.07. The molecule has 0 atom stereocenters. The first-order valence-electron chi connectivity index (χ1n) is 6.08. The Morgan fingerprint density at radius 1 is 1.32 bits per heavy atom. The first-order valence-corrected chi connectivity index (χ1v) is 8.96. The highest BCUT2D eigenvalue weighted by atomic mass is 32.2. The quantitative estimate of drug-likeness (QED) is 0.754. The normalized spacial score (nSPS) is 11.4. The molecule has 0 unspecified atom stereocenters. The molecule has 0 saturated heterocycles. The molecule has 1 aromatic carbocycles. The topological polar surface area (TPSA) is 114 Å². The number of aromatic nitrogens is 3. The van der Waals surface area contributed by atoms with E-state index in [0.29, 0.717) is 16.7 Å². The summed E-state index contributed by atoms with van der Waals surface area (Å²) in [7, 11) is -1.58. The molecule has 0 aliphatic rings. The summed E-state index contributed by atoms with van der Waals surface area (Å²) >= 11 is 1.08. The van der Waals surface area contributed by atoms with Gasteiger partial charge in [0.2, 0.25) is 10.0 Å². The predicted octanol–water partition coefficient (Wildman–Crippen LogP) is 1.03. The van der Waals surface area contributed by atoms with E-state index >= 15 is 0 Å². The van der Waals surface area contributed by atoms with Gasteiger partial charge in [0.1, 0.15) is 0 Å². The number of hydrogen-bond donors (Lipinski definition) is 2. The van der Waals surface area contributed by atoms with Crippen LogP contribution in [0, 0.1) is 0 Å². The van der Waals surface area contributed by atoms with E-state index in [1.54, 1.807) is 35.9 Å². The fourth-order valence-electron chi connectivity index (χ4n) is 1.72. The van der Waals surface area contributed by atoms with Crippen LogP contribution in [-0.2, 0) is 21.9 Å². The maximum absolute atomic E-state index is 11.2. The van der Waals surface area contributed by atoms with Crippen LogP contribution in [0.3, 0.4) is 0 Å². The molecule has 0 fully saturated rings. The van der Waals surface area contributed by atoms with Gasteiger partial charge in [-0.15, -0.1) is 10.2 Å². The minimum atomic E-state index is -3.32. The smallest absolute Gasteiger partial charge is 0.313 e. The Morgan fingerprint density at radius 3 is 2.50 bits per heavy atom. The first-order chi connectivity index (χ1) is 10.3. The summed E-state index contributed by atoms with van der Waals surface area (Å²) in [4.78, 5) is 10.6. The molecule has 2 N–H and O–H groups in total. The Kier molecular flexibility index (Phi) is 4.71. The van der Waals surface area contributed by atoms with Gasteiger partial charge in [-0.3, -0.25) is 9.52 Å². The molecule has 1 aromatic heterocycles. The minimum absolute atomic E-state index is 0.0941. The summed E-state index contributed by atoms with van der Waals surface area (Å²) in [6, 6.07) is 6.66. The van der Waals surface area contributed by atoms with Gasteiger partial charge in [-0.05, 0) is 24.3 Å². The van der Waals surface area contributed by atoms with Crippen molar-refractivity contribution in [1.82, 2.24) is 14.8 Å². The number of hydrogen-bond acceptors (Lipinski definition) is 6. The van der Waals surface area contributed by atoms with Crippen molar-refractivity contribution < 1.29 is 18.3 Å². The van der Waals surface area contributed by atoms with Gasteiger partial charge in [0.15, 0.2) is 11.0 Å². The van der Waals surface area contributed by atoms with E-state index in [1.165, 1.54) is 0 Å². The number of sulfonamides is 1. The molecule has 2 aromatic rings. The fraction of sp³-hybridized carbons (Fsp3) is 0.250. The zero-order chi connectivity index (χ0) is 16.3. The molecule has 0 saturated carbocycles. The molecule has 0 aliphatic carbocycles. The van der Waals surface area contributed by atoms with Crippen LogP contribution in [-0.4, -0.2) is 46.3 Å². The van der Waals surface area contributed by atoms with Crippen LogP contribution in [0.1, 0.15) is 0 Å². The molecule has 8 nitrogen and oxygen atoms in total. The van der Waals surface area contributed by atoms with E-state index < -0.39 is 16.0 Å². The van der Waals surface area contributed by atoms with Crippen molar-refractivity contribution in [2.45, 2.75) is 5.16 Å². The zero-order valence-electron chi connectivity index (χ0n) is 11.8. The highest BCUT2D eigenvalue weighted by molar-refractivity contribution is 7.99. The molecule has 1 heterocycles. The zero-order valence-corrected chi connectivity index (χ0v) is 13.5. The summed E-state index contributed by atoms with van der Waals surface area (Å²) in [5.74, 6) is -0.451. The molecule has 2 rings (SSSR count). The van der Waals surface area contributed by atoms with Crippen LogP contribution in [0.2, 0.25) is 0 Å². The monoisotopic (exact) mass is 342 g/mol. The third-order valence-electron chi connectivity index (χ3n) is 2.61. The molecule has 118 valence electrons. The molecule has 0 aliphatic heterocycles. The number of rotatable bonds is 6. The van der Waals surface area contributed by atoms with Gasteiger partial charge >= 0.3 is 5.97 Å². The predicted molar refractivity (Wildman–Crippen MR) is 83.3 cm³/mol. The number of carboxylic acid groups (broad SMARTS) is 1. The Balaban J connectivity index is 2.20. The number of aliphatic carboxylic acids is 1. The first kappa shape index (κ1) is 16.3. The van der Waals surface area contributed by atoms with Gasteiger partial charge in [0, 0.05) is 18.3 Å². The average Bonchev–Trinajstić information content (AvgIpc) is 2.77. The van der Waals surface area contributed by atoms with Crippen molar-refractivity contribution in [3.63, 3.8) is 0 Å². The molecule has 0 bridgehead atoms. The second-order valence-corrected chi connectivity index (χ2v) is 7.19. The molecule has 0 radical (unpaired) electrons. The Morgan fingerprint density at radius 2 is 1.95 bits per heavy atom. The summed E-state index contributed by atoms with van der Waals surface area (Å²) in [5, 5.41) is 17.2. The van der Waals surface area contributed by atoms with E-state index in [1.807, 2.05) is 0 Å². The molecule has 22 heavy (non-hydrogen) atoms. The lowest BCUT2D eigenvalue weighted by Crippen LogP contribution is -2.09. The van der Waals surface area contributed by atoms with Crippen molar-refractivity contribution in [3.05, 3.63) is 24.3 Å². The molecule has 0 spiro atoms. The SMILES string of the molecule is Cn1c(SCC(=O)O)nnc1-c1ccc(NS(C)(=O)=O)cc1. The molecule has 0 amide bonds. The third-order valence-corrected chi connectivity index (χ3v) is 4.22. The van der Waals surface area contributed by atoms with E-state index in [-0.39, 0.29) is 5.75 Å². The van der Waals surface area contributed by atoms with E-state index in [2.05, 4.69) is 14.9 Å². The van der Waals surface area contributed by atoms with Crippen LogP contribution < -0.4 is 4.72 Å². The van der Waals surface area contributed by atoms with Gasteiger partial charge in [-0.2, -0.15) is 0 Å². The highest BCUT2D eigenvalue weighted by Crippen LogP contribution is 2.23. The number of nitrogens with zero attached hydrogens (tertiary/aromatic N) is 3. The van der Waals surface area contributed by atoms with Crippen molar-refractivity contribution in [3.8, 4) is 11.4 Å². The standard InChI is InChI=1S/C12H14N4O4S2/c1-16-11(13-14-12(16)21-7-10(17)18)8-3-5-9(6-4-8)15-22(2,19)20/h3-6,15H,7H2,1-2H3,(H,17,18). The Bertz CT molecular complexity index is 784. The lowest BCUT2D eigenvalue weighted by atomic mass is 10.2.